The van der Waals surface area contributed by atoms with Crippen molar-refractivity contribution >= 4 is 5.82 Å². The maximum atomic E-state index is 6.07. The molecule has 0 aliphatic rings. The second-order valence-corrected chi connectivity index (χ2v) is 4.97. The molecule has 0 bridgehead atoms. The number of hydrogen-bond donors (Lipinski definition) is 3. The molecule has 0 radical (unpaired) electrons. The molecule has 0 aliphatic carbocycles. The van der Waals surface area contributed by atoms with Gasteiger partial charge in [0.15, 0.2) is 5.82 Å². The van der Waals surface area contributed by atoms with Crippen molar-refractivity contribution in [3.8, 4) is 28.1 Å². The van der Waals surface area contributed by atoms with E-state index < -0.39 is 0 Å². The molecule has 2 aromatic heterocycles. The minimum atomic E-state index is 0.439. The molecule has 6 nitrogen and oxygen atoms in total. The summed E-state index contributed by atoms with van der Waals surface area (Å²) in [5.41, 5.74) is 11.7. The third-order valence-corrected chi connectivity index (χ3v) is 3.52. The zero-order valence-electron chi connectivity index (χ0n) is 12.2. The van der Waals surface area contributed by atoms with Crippen LogP contribution in [-0.4, -0.2) is 27.5 Å². The zero-order valence-corrected chi connectivity index (χ0v) is 12.2. The van der Waals surface area contributed by atoms with E-state index >= 15 is 0 Å². The number of aromatic amines is 2. The molecule has 0 amide bonds. The molecule has 4 N–H and O–H groups in total. The Labute approximate surface area is 122 Å². The van der Waals surface area contributed by atoms with Gasteiger partial charge >= 0.3 is 0 Å². The van der Waals surface area contributed by atoms with Gasteiger partial charge in [0.1, 0.15) is 5.75 Å². The Morgan fingerprint density at radius 2 is 1.95 bits per heavy atom. The summed E-state index contributed by atoms with van der Waals surface area (Å²) >= 11 is 0. The molecule has 6 heteroatoms. The summed E-state index contributed by atoms with van der Waals surface area (Å²) < 4.78 is 5.46. The third kappa shape index (κ3) is 2.14. The van der Waals surface area contributed by atoms with E-state index in [-0.39, 0.29) is 0 Å². The fourth-order valence-corrected chi connectivity index (χ4v) is 2.44. The highest BCUT2D eigenvalue weighted by molar-refractivity contribution is 5.90. The first-order valence-corrected chi connectivity index (χ1v) is 6.61. The molecule has 108 valence electrons. The van der Waals surface area contributed by atoms with E-state index in [2.05, 4.69) is 20.4 Å². The van der Waals surface area contributed by atoms with Gasteiger partial charge < -0.3 is 10.5 Å². The number of nitrogen functional groups attached to an aromatic ring is 1. The van der Waals surface area contributed by atoms with Gasteiger partial charge in [-0.1, -0.05) is 11.6 Å². The monoisotopic (exact) mass is 283 g/mol. The van der Waals surface area contributed by atoms with Gasteiger partial charge in [-0.05, 0) is 26.0 Å². The molecule has 2 heterocycles. The Bertz CT molecular complexity index is 787. The molecule has 0 aliphatic heterocycles. The fraction of sp³-hybridized carbons (Fsp3) is 0.200. The van der Waals surface area contributed by atoms with Gasteiger partial charge in [-0.25, -0.2) is 0 Å². The Morgan fingerprint density at radius 1 is 1.14 bits per heavy atom. The number of aromatic nitrogens is 4. The van der Waals surface area contributed by atoms with E-state index in [9.17, 15) is 0 Å². The lowest BCUT2D eigenvalue weighted by atomic mass is 9.99. The molecule has 3 rings (SSSR count). The number of rotatable bonds is 3. The van der Waals surface area contributed by atoms with E-state index in [1.54, 1.807) is 13.3 Å². The quantitative estimate of drug-likeness (QED) is 0.689. The Balaban J connectivity index is 2.27. The predicted molar refractivity (Wildman–Crippen MR) is 82.0 cm³/mol. The zero-order chi connectivity index (χ0) is 15.0. The molecule has 3 aromatic rings. The molecular weight excluding hydrogens is 266 g/mol. The smallest absolute Gasteiger partial charge is 0.153 e. The fourth-order valence-electron chi connectivity index (χ4n) is 2.44. The van der Waals surface area contributed by atoms with Crippen molar-refractivity contribution in [2.75, 3.05) is 12.8 Å². The molecule has 0 atom stereocenters. The lowest BCUT2D eigenvalue weighted by Gasteiger charge is -2.10. The summed E-state index contributed by atoms with van der Waals surface area (Å²) in [6.07, 6.45) is 1.76. The van der Waals surface area contributed by atoms with Gasteiger partial charge in [0, 0.05) is 16.8 Å². The van der Waals surface area contributed by atoms with Gasteiger partial charge in [-0.3, -0.25) is 10.2 Å². The number of anilines is 1. The first-order valence-electron chi connectivity index (χ1n) is 6.61. The van der Waals surface area contributed by atoms with E-state index in [1.807, 2.05) is 32.0 Å². The average Bonchev–Trinajstić information content (AvgIpc) is 3.04. The summed E-state index contributed by atoms with van der Waals surface area (Å²) in [6.45, 7) is 3.98. The molecule has 0 saturated heterocycles. The standard InChI is InChI=1S/C15H17N5O/c1-8-4-5-12(21-3)10(6-8)13-14(19-20-15(13)16)11-7-17-18-9(11)2/h4-7H,1-3H3,(H,17,18)(H3,16,19,20). The number of aryl methyl sites for hydroxylation is 2. The molecule has 21 heavy (non-hydrogen) atoms. The van der Waals surface area contributed by atoms with Crippen molar-refractivity contribution < 1.29 is 4.74 Å². The number of nitrogens with two attached hydrogens (primary N) is 1. The average molecular weight is 283 g/mol. The van der Waals surface area contributed by atoms with Gasteiger partial charge in [0.05, 0.1) is 24.6 Å². The first-order chi connectivity index (χ1) is 10.1. The second-order valence-electron chi connectivity index (χ2n) is 4.97. The summed E-state index contributed by atoms with van der Waals surface area (Å²) in [7, 11) is 1.65. The van der Waals surface area contributed by atoms with Crippen molar-refractivity contribution in [3.63, 3.8) is 0 Å². The van der Waals surface area contributed by atoms with E-state index in [4.69, 9.17) is 10.5 Å². The number of nitrogens with one attached hydrogen (secondary N) is 2. The second kappa shape index (κ2) is 4.97. The van der Waals surface area contributed by atoms with Crippen LogP contribution in [0.3, 0.4) is 0 Å². The van der Waals surface area contributed by atoms with Crippen molar-refractivity contribution in [1.82, 2.24) is 20.4 Å². The first kappa shape index (κ1) is 13.2. The molecule has 0 spiro atoms. The minimum absolute atomic E-state index is 0.439. The maximum Gasteiger partial charge on any atom is 0.153 e. The minimum Gasteiger partial charge on any atom is -0.496 e. The number of hydrogen-bond acceptors (Lipinski definition) is 4. The van der Waals surface area contributed by atoms with E-state index in [0.717, 1.165) is 39.4 Å². The van der Waals surface area contributed by atoms with Crippen LogP contribution in [0.4, 0.5) is 5.82 Å². The lowest BCUT2D eigenvalue weighted by Crippen LogP contribution is -1.93. The number of benzene rings is 1. The normalized spacial score (nSPS) is 10.8. The van der Waals surface area contributed by atoms with Crippen molar-refractivity contribution in [3.05, 3.63) is 35.7 Å². The summed E-state index contributed by atoms with van der Waals surface area (Å²) in [5, 5.41) is 14.1. The van der Waals surface area contributed by atoms with Crippen LogP contribution in [-0.2, 0) is 0 Å². The Morgan fingerprint density at radius 3 is 2.62 bits per heavy atom. The van der Waals surface area contributed by atoms with Crippen molar-refractivity contribution in [2.45, 2.75) is 13.8 Å². The number of methoxy groups -OCH3 is 1. The highest BCUT2D eigenvalue weighted by Gasteiger charge is 2.20. The lowest BCUT2D eigenvalue weighted by molar-refractivity contribution is 0.416. The largest absolute Gasteiger partial charge is 0.496 e. The molecular formula is C15H17N5O. The van der Waals surface area contributed by atoms with Gasteiger partial charge in [-0.15, -0.1) is 0 Å². The highest BCUT2D eigenvalue weighted by Crippen LogP contribution is 2.40. The maximum absolute atomic E-state index is 6.07. The molecule has 1 aromatic carbocycles. The van der Waals surface area contributed by atoms with E-state index in [0.29, 0.717) is 5.82 Å². The van der Waals surface area contributed by atoms with Crippen LogP contribution in [0.1, 0.15) is 11.3 Å². The van der Waals surface area contributed by atoms with Crippen LogP contribution in [0, 0.1) is 13.8 Å². The molecule has 0 unspecified atom stereocenters. The predicted octanol–water partition coefficient (Wildman–Crippen LogP) is 2.67. The van der Waals surface area contributed by atoms with Crippen LogP contribution in [0.15, 0.2) is 24.4 Å². The van der Waals surface area contributed by atoms with Crippen LogP contribution in [0.5, 0.6) is 5.75 Å². The molecule has 0 saturated carbocycles. The number of ether oxygens (including phenoxy) is 1. The molecule has 0 fully saturated rings. The summed E-state index contributed by atoms with van der Waals surface area (Å²) in [4.78, 5) is 0. The third-order valence-electron chi connectivity index (χ3n) is 3.52. The summed E-state index contributed by atoms with van der Waals surface area (Å²) in [6, 6.07) is 5.98. The van der Waals surface area contributed by atoms with Crippen molar-refractivity contribution in [1.29, 1.82) is 0 Å². The Hall–Kier alpha value is -2.76. The van der Waals surface area contributed by atoms with Crippen LogP contribution < -0.4 is 10.5 Å². The van der Waals surface area contributed by atoms with Crippen LogP contribution >= 0.6 is 0 Å². The highest BCUT2D eigenvalue weighted by atomic mass is 16.5. The van der Waals surface area contributed by atoms with Crippen molar-refractivity contribution in [2.24, 2.45) is 0 Å². The number of H-pyrrole nitrogens is 2. The van der Waals surface area contributed by atoms with Gasteiger partial charge in [-0.2, -0.15) is 10.2 Å². The Kier molecular flexibility index (Phi) is 3.13. The van der Waals surface area contributed by atoms with E-state index in [1.165, 1.54) is 0 Å². The van der Waals surface area contributed by atoms with Gasteiger partial charge in [0.2, 0.25) is 0 Å². The van der Waals surface area contributed by atoms with Crippen LogP contribution in [0.25, 0.3) is 22.4 Å². The SMILES string of the molecule is COc1ccc(C)cc1-c1c(N)n[nH]c1-c1cn[nH]c1C. The van der Waals surface area contributed by atoms with Crippen LogP contribution in [0.2, 0.25) is 0 Å². The topological polar surface area (TPSA) is 92.6 Å². The van der Waals surface area contributed by atoms with Gasteiger partial charge in [0.25, 0.3) is 0 Å². The summed E-state index contributed by atoms with van der Waals surface area (Å²) in [5.74, 6) is 1.20. The number of nitrogens with zero attached hydrogens (tertiary/aromatic N) is 2.